The van der Waals surface area contributed by atoms with Crippen molar-refractivity contribution in [2.75, 3.05) is 12.8 Å². The van der Waals surface area contributed by atoms with E-state index in [-0.39, 0.29) is 17.2 Å². The van der Waals surface area contributed by atoms with Crippen LogP contribution in [0.4, 0.5) is 5.69 Å². The SMILES string of the molecule is COc1cc(N)ccc1S(=O)(=O)NCc1cc(C)c(C)s1. The van der Waals surface area contributed by atoms with E-state index in [0.717, 1.165) is 4.88 Å². The van der Waals surface area contributed by atoms with E-state index in [1.807, 2.05) is 19.9 Å². The fourth-order valence-electron chi connectivity index (χ4n) is 1.89. The summed E-state index contributed by atoms with van der Waals surface area (Å²) in [6, 6.07) is 6.47. The number of anilines is 1. The first-order valence-electron chi connectivity index (χ1n) is 6.32. The number of benzene rings is 1. The molecule has 0 aliphatic rings. The summed E-state index contributed by atoms with van der Waals surface area (Å²) < 4.78 is 32.4. The Balaban J connectivity index is 2.22. The fourth-order valence-corrected chi connectivity index (χ4v) is 4.13. The van der Waals surface area contributed by atoms with Crippen molar-refractivity contribution in [2.24, 2.45) is 0 Å². The van der Waals surface area contributed by atoms with Gasteiger partial charge in [0.25, 0.3) is 0 Å². The highest BCUT2D eigenvalue weighted by Crippen LogP contribution is 2.26. The molecule has 2 aromatic rings. The summed E-state index contributed by atoms with van der Waals surface area (Å²) in [5.74, 6) is 0.237. The largest absolute Gasteiger partial charge is 0.495 e. The highest BCUT2D eigenvalue weighted by Gasteiger charge is 2.19. The Bertz CT molecular complexity index is 732. The van der Waals surface area contributed by atoms with E-state index in [4.69, 9.17) is 10.5 Å². The second kappa shape index (κ2) is 6.05. The van der Waals surface area contributed by atoms with Crippen LogP contribution in [0.5, 0.6) is 5.75 Å². The molecule has 0 bridgehead atoms. The van der Waals surface area contributed by atoms with Gasteiger partial charge in [-0.05, 0) is 37.6 Å². The van der Waals surface area contributed by atoms with E-state index in [1.54, 1.807) is 11.3 Å². The van der Waals surface area contributed by atoms with E-state index in [9.17, 15) is 8.42 Å². The van der Waals surface area contributed by atoms with E-state index < -0.39 is 10.0 Å². The molecule has 1 aromatic carbocycles. The average Bonchev–Trinajstić information content (AvgIpc) is 2.75. The number of aryl methyl sites for hydroxylation is 2. The molecular weight excluding hydrogens is 308 g/mol. The quantitative estimate of drug-likeness (QED) is 0.827. The number of nitrogen functional groups attached to an aromatic ring is 1. The molecular formula is C14H18N2O3S2. The van der Waals surface area contributed by atoms with Crippen molar-refractivity contribution in [2.45, 2.75) is 25.3 Å². The van der Waals surface area contributed by atoms with Gasteiger partial charge in [0.1, 0.15) is 10.6 Å². The van der Waals surface area contributed by atoms with Gasteiger partial charge in [-0.2, -0.15) is 0 Å². The van der Waals surface area contributed by atoms with Crippen LogP contribution in [0, 0.1) is 13.8 Å². The van der Waals surface area contributed by atoms with E-state index in [2.05, 4.69) is 4.72 Å². The monoisotopic (exact) mass is 326 g/mol. The van der Waals surface area contributed by atoms with Crippen molar-refractivity contribution < 1.29 is 13.2 Å². The van der Waals surface area contributed by atoms with Crippen LogP contribution in [0.2, 0.25) is 0 Å². The van der Waals surface area contributed by atoms with Gasteiger partial charge >= 0.3 is 0 Å². The maximum absolute atomic E-state index is 12.4. The number of ether oxygens (including phenoxy) is 1. The number of nitrogens with one attached hydrogen (secondary N) is 1. The smallest absolute Gasteiger partial charge is 0.244 e. The summed E-state index contributed by atoms with van der Waals surface area (Å²) in [6.45, 7) is 4.28. The minimum Gasteiger partial charge on any atom is -0.495 e. The van der Waals surface area contributed by atoms with Gasteiger partial charge in [0, 0.05) is 28.1 Å². The molecule has 0 atom stereocenters. The maximum Gasteiger partial charge on any atom is 0.244 e. The van der Waals surface area contributed by atoms with Gasteiger partial charge in [-0.3, -0.25) is 0 Å². The summed E-state index contributed by atoms with van der Waals surface area (Å²) in [7, 11) is -2.23. The zero-order valence-corrected chi connectivity index (χ0v) is 13.8. The van der Waals surface area contributed by atoms with Gasteiger partial charge in [0.05, 0.1) is 7.11 Å². The van der Waals surface area contributed by atoms with Crippen LogP contribution < -0.4 is 15.2 Å². The molecule has 7 heteroatoms. The molecule has 114 valence electrons. The first kappa shape index (κ1) is 15.8. The second-order valence-electron chi connectivity index (χ2n) is 4.69. The average molecular weight is 326 g/mol. The highest BCUT2D eigenvalue weighted by atomic mass is 32.2. The van der Waals surface area contributed by atoms with Crippen molar-refractivity contribution in [1.82, 2.24) is 4.72 Å². The summed E-state index contributed by atoms with van der Waals surface area (Å²) in [5, 5.41) is 0. The van der Waals surface area contributed by atoms with Gasteiger partial charge in [-0.1, -0.05) is 0 Å². The molecule has 0 amide bonds. The zero-order valence-electron chi connectivity index (χ0n) is 12.1. The third-order valence-corrected chi connectivity index (χ3v) is 5.72. The van der Waals surface area contributed by atoms with E-state index >= 15 is 0 Å². The van der Waals surface area contributed by atoms with Crippen LogP contribution in [-0.2, 0) is 16.6 Å². The van der Waals surface area contributed by atoms with Crippen molar-refractivity contribution in [3.63, 3.8) is 0 Å². The van der Waals surface area contributed by atoms with Crippen LogP contribution in [0.1, 0.15) is 15.3 Å². The normalized spacial score (nSPS) is 11.6. The Morgan fingerprint density at radius 2 is 2.00 bits per heavy atom. The fraction of sp³-hybridized carbons (Fsp3) is 0.286. The van der Waals surface area contributed by atoms with Crippen LogP contribution >= 0.6 is 11.3 Å². The highest BCUT2D eigenvalue weighted by molar-refractivity contribution is 7.89. The molecule has 1 heterocycles. The van der Waals surface area contributed by atoms with Crippen LogP contribution in [-0.4, -0.2) is 15.5 Å². The van der Waals surface area contributed by atoms with E-state index in [1.165, 1.54) is 35.7 Å². The van der Waals surface area contributed by atoms with Crippen LogP contribution in [0.25, 0.3) is 0 Å². The molecule has 21 heavy (non-hydrogen) atoms. The summed E-state index contributed by atoms with van der Waals surface area (Å²) in [5.41, 5.74) is 7.26. The van der Waals surface area contributed by atoms with Crippen LogP contribution in [0.3, 0.4) is 0 Å². The van der Waals surface area contributed by atoms with Crippen molar-refractivity contribution in [3.05, 3.63) is 39.6 Å². The predicted octanol–water partition coefficient (Wildman–Crippen LogP) is 2.43. The number of hydrogen-bond donors (Lipinski definition) is 2. The third kappa shape index (κ3) is 3.55. The number of nitrogens with two attached hydrogens (primary N) is 1. The number of thiophene rings is 1. The molecule has 0 fully saturated rings. The minimum atomic E-state index is -3.65. The van der Waals surface area contributed by atoms with Gasteiger partial charge in [-0.15, -0.1) is 11.3 Å². The molecule has 0 unspecified atom stereocenters. The predicted molar refractivity (Wildman–Crippen MR) is 85.2 cm³/mol. The molecule has 0 aliphatic heterocycles. The van der Waals surface area contributed by atoms with Gasteiger partial charge in [0.15, 0.2) is 0 Å². The van der Waals surface area contributed by atoms with Gasteiger partial charge in [-0.25, -0.2) is 13.1 Å². The molecule has 0 saturated heterocycles. The van der Waals surface area contributed by atoms with Crippen molar-refractivity contribution in [1.29, 1.82) is 0 Å². The molecule has 3 N–H and O–H groups in total. The molecule has 5 nitrogen and oxygen atoms in total. The molecule has 0 spiro atoms. The molecule has 1 aromatic heterocycles. The molecule has 2 rings (SSSR count). The Hall–Kier alpha value is -1.57. The minimum absolute atomic E-state index is 0.0872. The maximum atomic E-state index is 12.4. The lowest BCUT2D eigenvalue weighted by Gasteiger charge is -2.10. The lowest BCUT2D eigenvalue weighted by atomic mass is 10.3. The number of rotatable bonds is 5. The summed E-state index contributed by atoms with van der Waals surface area (Å²) >= 11 is 1.58. The first-order chi connectivity index (χ1) is 9.83. The standard InChI is InChI=1S/C14H18N2O3S2/c1-9-6-12(20-10(9)2)8-16-21(17,18)14-5-4-11(15)7-13(14)19-3/h4-7,16H,8,15H2,1-3H3. The van der Waals surface area contributed by atoms with Gasteiger partial charge < -0.3 is 10.5 Å². The number of hydrogen-bond acceptors (Lipinski definition) is 5. The Morgan fingerprint density at radius 3 is 2.57 bits per heavy atom. The lowest BCUT2D eigenvalue weighted by Crippen LogP contribution is -2.23. The number of sulfonamides is 1. The molecule has 0 aliphatic carbocycles. The van der Waals surface area contributed by atoms with Crippen LogP contribution in [0.15, 0.2) is 29.2 Å². The van der Waals surface area contributed by atoms with Gasteiger partial charge in [0.2, 0.25) is 10.0 Å². The summed E-state index contributed by atoms with van der Waals surface area (Å²) in [6.07, 6.45) is 0. The molecule has 0 radical (unpaired) electrons. The lowest BCUT2D eigenvalue weighted by molar-refractivity contribution is 0.402. The Morgan fingerprint density at radius 1 is 1.29 bits per heavy atom. The topological polar surface area (TPSA) is 81.4 Å². The Labute approximate surface area is 128 Å². The second-order valence-corrected chi connectivity index (χ2v) is 7.76. The molecule has 0 saturated carbocycles. The van der Waals surface area contributed by atoms with Crippen molar-refractivity contribution in [3.8, 4) is 5.75 Å². The zero-order chi connectivity index (χ0) is 15.6. The number of methoxy groups -OCH3 is 1. The third-order valence-electron chi connectivity index (χ3n) is 3.13. The first-order valence-corrected chi connectivity index (χ1v) is 8.62. The summed E-state index contributed by atoms with van der Waals surface area (Å²) in [4.78, 5) is 2.25. The van der Waals surface area contributed by atoms with Crippen molar-refractivity contribution >= 4 is 27.0 Å². The Kier molecular flexibility index (Phi) is 4.55. The van der Waals surface area contributed by atoms with E-state index in [0.29, 0.717) is 5.69 Å².